The summed E-state index contributed by atoms with van der Waals surface area (Å²) >= 11 is 0. The van der Waals surface area contributed by atoms with E-state index in [0.717, 1.165) is 25.9 Å². The van der Waals surface area contributed by atoms with Crippen molar-refractivity contribution in [2.75, 3.05) is 30.3 Å². The maximum atomic E-state index is 11.5. The summed E-state index contributed by atoms with van der Waals surface area (Å²) < 4.78 is 25.7. The highest BCUT2D eigenvalue weighted by Gasteiger charge is 2.17. The van der Waals surface area contributed by atoms with E-state index in [-0.39, 0.29) is 5.75 Å². The Morgan fingerprint density at radius 1 is 1.32 bits per heavy atom. The number of fused-ring (bicyclic) bond motifs is 1. The van der Waals surface area contributed by atoms with E-state index in [2.05, 4.69) is 33.9 Å². The van der Waals surface area contributed by atoms with Gasteiger partial charge in [0.2, 0.25) is 10.0 Å². The summed E-state index contributed by atoms with van der Waals surface area (Å²) in [6, 6.07) is 8.44. The quantitative estimate of drug-likeness (QED) is 0.775. The summed E-state index contributed by atoms with van der Waals surface area (Å²) in [5.74, 6) is 0.222. The predicted molar refractivity (Wildman–Crippen MR) is 79.1 cm³/mol. The number of hydrogen-bond acceptors (Lipinski definition) is 3. The van der Waals surface area contributed by atoms with Crippen LogP contribution in [0.15, 0.2) is 24.3 Å². The molecule has 0 saturated carbocycles. The van der Waals surface area contributed by atoms with Crippen LogP contribution in [-0.2, 0) is 16.4 Å². The third-order valence-corrected chi connectivity index (χ3v) is 4.97. The van der Waals surface area contributed by atoms with E-state index in [9.17, 15) is 8.42 Å². The van der Waals surface area contributed by atoms with Crippen LogP contribution in [0.3, 0.4) is 0 Å². The molecule has 2 rings (SSSR count). The molecule has 0 atom stereocenters. The lowest BCUT2D eigenvalue weighted by Crippen LogP contribution is -2.30. The molecule has 1 aliphatic heterocycles. The van der Waals surface area contributed by atoms with Crippen LogP contribution >= 0.6 is 0 Å². The zero-order valence-electron chi connectivity index (χ0n) is 11.4. The molecule has 0 spiro atoms. The van der Waals surface area contributed by atoms with Crippen LogP contribution in [0, 0.1) is 0 Å². The molecule has 19 heavy (non-hydrogen) atoms. The topological polar surface area (TPSA) is 49.4 Å². The first-order valence-electron chi connectivity index (χ1n) is 6.92. The maximum Gasteiger partial charge on any atom is 0.211 e. The molecule has 1 heterocycles. The smallest absolute Gasteiger partial charge is 0.211 e. The van der Waals surface area contributed by atoms with E-state index in [4.69, 9.17) is 0 Å². The second kappa shape index (κ2) is 6.39. The van der Waals surface area contributed by atoms with E-state index in [1.165, 1.54) is 11.3 Å². The van der Waals surface area contributed by atoms with E-state index >= 15 is 0 Å². The standard InChI is InChI=1S/C14H22N2O2S/c1-2-12-19(17,18)15-9-5-10-16-11-8-13-6-3-4-7-14(13)16/h3-4,6-7,15H,2,5,8-12H2,1H3. The molecular weight excluding hydrogens is 260 g/mol. The fourth-order valence-corrected chi connectivity index (χ4v) is 3.61. The molecule has 0 fully saturated rings. The van der Waals surface area contributed by atoms with Gasteiger partial charge in [-0.3, -0.25) is 0 Å². The Bertz CT molecular complexity index is 514. The number of para-hydroxylation sites is 1. The first-order valence-corrected chi connectivity index (χ1v) is 8.58. The van der Waals surface area contributed by atoms with Crippen LogP contribution < -0.4 is 9.62 Å². The molecule has 0 unspecified atom stereocenters. The molecule has 1 aliphatic rings. The molecule has 5 heteroatoms. The number of hydrogen-bond donors (Lipinski definition) is 1. The van der Waals surface area contributed by atoms with Crippen LogP contribution in [0.4, 0.5) is 5.69 Å². The maximum absolute atomic E-state index is 11.5. The minimum Gasteiger partial charge on any atom is -0.371 e. The van der Waals surface area contributed by atoms with Crippen LogP contribution in [0.1, 0.15) is 25.3 Å². The fraction of sp³-hybridized carbons (Fsp3) is 0.571. The number of sulfonamides is 1. The van der Waals surface area contributed by atoms with Crippen molar-refractivity contribution in [2.45, 2.75) is 26.2 Å². The summed E-state index contributed by atoms with van der Waals surface area (Å²) in [5.41, 5.74) is 2.70. The Morgan fingerprint density at radius 3 is 2.89 bits per heavy atom. The summed E-state index contributed by atoms with van der Waals surface area (Å²) in [4.78, 5) is 2.34. The average Bonchev–Trinajstić information content (AvgIpc) is 2.78. The summed E-state index contributed by atoms with van der Waals surface area (Å²) in [6.07, 6.45) is 2.60. The predicted octanol–water partition coefficient (Wildman–Crippen LogP) is 1.77. The molecular formula is C14H22N2O2S. The van der Waals surface area contributed by atoms with Gasteiger partial charge in [0.15, 0.2) is 0 Å². The van der Waals surface area contributed by atoms with Crippen LogP contribution in [0.2, 0.25) is 0 Å². The van der Waals surface area contributed by atoms with Gasteiger partial charge in [-0.05, 0) is 30.9 Å². The van der Waals surface area contributed by atoms with E-state index in [1.807, 2.05) is 6.92 Å². The van der Waals surface area contributed by atoms with Crippen molar-refractivity contribution in [2.24, 2.45) is 0 Å². The first kappa shape index (κ1) is 14.3. The highest BCUT2D eigenvalue weighted by Crippen LogP contribution is 2.27. The first-order chi connectivity index (χ1) is 9.12. The van der Waals surface area contributed by atoms with Crippen molar-refractivity contribution in [3.8, 4) is 0 Å². The van der Waals surface area contributed by atoms with Gasteiger partial charge in [-0.15, -0.1) is 0 Å². The van der Waals surface area contributed by atoms with Gasteiger partial charge >= 0.3 is 0 Å². The van der Waals surface area contributed by atoms with Crippen LogP contribution in [0.25, 0.3) is 0 Å². The summed E-state index contributed by atoms with van der Waals surface area (Å²) in [6.45, 7) is 4.36. The Labute approximate surface area is 115 Å². The summed E-state index contributed by atoms with van der Waals surface area (Å²) in [5, 5.41) is 0. The zero-order valence-corrected chi connectivity index (χ0v) is 12.2. The molecule has 1 N–H and O–H groups in total. The van der Waals surface area contributed by atoms with E-state index < -0.39 is 10.0 Å². The molecule has 0 aliphatic carbocycles. The highest BCUT2D eigenvalue weighted by atomic mass is 32.2. The second-order valence-corrected chi connectivity index (χ2v) is 6.86. The number of nitrogens with one attached hydrogen (secondary N) is 1. The van der Waals surface area contributed by atoms with Gasteiger partial charge in [0.25, 0.3) is 0 Å². The molecule has 106 valence electrons. The van der Waals surface area contributed by atoms with Crippen LogP contribution in [0.5, 0.6) is 0 Å². The normalized spacial score (nSPS) is 14.7. The van der Waals surface area contributed by atoms with Crippen molar-refractivity contribution in [3.63, 3.8) is 0 Å². The van der Waals surface area contributed by atoms with Gasteiger partial charge in [-0.1, -0.05) is 25.1 Å². The van der Waals surface area contributed by atoms with Crippen LogP contribution in [-0.4, -0.2) is 33.8 Å². The fourth-order valence-electron chi connectivity index (χ4n) is 2.48. The SMILES string of the molecule is CCCS(=O)(=O)NCCCN1CCc2ccccc21. The Balaban J connectivity index is 1.76. The van der Waals surface area contributed by atoms with Crippen molar-refractivity contribution in [1.82, 2.24) is 4.72 Å². The number of nitrogens with zero attached hydrogens (tertiary/aromatic N) is 1. The van der Waals surface area contributed by atoms with E-state index in [1.54, 1.807) is 0 Å². The van der Waals surface area contributed by atoms with E-state index in [0.29, 0.717) is 13.0 Å². The van der Waals surface area contributed by atoms with Gasteiger partial charge in [0.1, 0.15) is 0 Å². The highest BCUT2D eigenvalue weighted by molar-refractivity contribution is 7.89. The lowest BCUT2D eigenvalue weighted by molar-refractivity contribution is 0.577. The lowest BCUT2D eigenvalue weighted by Gasteiger charge is -2.19. The minimum absolute atomic E-state index is 0.222. The average molecular weight is 282 g/mol. The van der Waals surface area contributed by atoms with Crippen molar-refractivity contribution in [3.05, 3.63) is 29.8 Å². The zero-order chi connectivity index (χ0) is 13.7. The number of anilines is 1. The van der Waals surface area contributed by atoms with Gasteiger partial charge < -0.3 is 4.90 Å². The molecule has 1 aromatic carbocycles. The van der Waals surface area contributed by atoms with Gasteiger partial charge in [0, 0.05) is 25.3 Å². The number of benzene rings is 1. The second-order valence-electron chi connectivity index (χ2n) is 4.93. The Kier molecular flexibility index (Phi) is 4.82. The summed E-state index contributed by atoms with van der Waals surface area (Å²) in [7, 11) is -3.06. The van der Waals surface area contributed by atoms with Crippen molar-refractivity contribution < 1.29 is 8.42 Å². The minimum atomic E-state index is -3.06. The molecule has 0 saturated heterocycles. The number of rotatable bonds is 7. The van der Waals surface area contributed by atoms with Gasteiger partial charge in [-0.25, -0.2) is 13.1 Å². The molecule has 0 amide bonds. The van der Waals surface area contributed by atoms with Crippen molar-refractivity contribution >= 4 is 15.7 Å². The lowest BCUT2D eigenvalue weighted by atomic mass is 10.2. The van der Waals surface area contributed by atoms with Gasteiger partial charge in [0.05, 0.1) is 5.75 Å². The van der Waals surface area contributed by atoms with Gasteiger partial charge in [-0.2, -0.15) is 0 Å². The van der Waals surface area contributed by atoms with Crippen molar-refractivity contribution in [1.29, 1.82) is 0 Å². The largest absolute Gasteiger partial charge is 0.371 e. The third-order valence-electron chi connectivity index (χ3n) is 3.38. The molecule has 0 aromatic heterocycles. The Hall–Kier alpha value is -1.07. The Morgan fingerprint density at radius 2 is 2.11 bits per heavy atom. The molecule has 0 bridgehead atoms. The monoisotopic (exact) mass is 282 g/mol. The molecule has 1 aromatic rings. The third kappa shape index (κ3) is 3.94. The molecule has 0 radical (unpaired) electrons. The molecule has 4 nitrogen and oxygen atoms in total.